The Kier molecular flexibility index (Phi) is 2.57. The lowest BCUT2D eigenvalue weighted by atomic mass is 9.81. The summed E-state index contributed by atoms with van der Waals surface area (Å²) in [5, 5.41) is 14.4. The van der Waals surface area contributed by atoms with Crippen molar-refractivity contribution in [3.8, 4) is 0 Å². The number of piperidine rings is 1. The lowest BCUT2D eigenvalue weighted by Crippen LogP contribution is -2.46. The van der Waals surface area contributed by atoms with Crippen LogP contribution in [0, 0.1) is 0 Å². The van der Waals surface area contributed by atoms with Crippen molar-refractivity contribution < 1.29 is 5.11 Å². The molecule has 2 N–H and O–H groups in total. The molecule has 90 valence electrons. The van der Waals surface area contributed by atoms with Crippen LogP contribution in [0.2, 0.25) is 0 Å². The maximum Gasteiger partial charge on any atom is 0.0926 e. The Balaban J connectivity index is 1.93. The summed E-state index contributed by atoms with van der Waals surface area (Å²) in [4.78, 5) is 0. The van der Waals surface area contributed by atoms with E-state index in [0.717, 1.165) is 24.0 Å². The number of fused-ring (bicyclic) bond motifs is 2. The molecule has 0 spiro atoms. The van der Waals surface area contributed by atoms with Gasteiger partial charge in [0.1, 0.15) is 0 Å². The summed E-state index contributed by atoms with van der Waals surface area (Å²) in [5.74, 6) is 0. The monoisotopic (exact) mass is 229 g/mol. The first-order valence-electron chi connectivity index (χ1n) is 6.41. The van der Waals surface area contributed by atoms with Crippen LogP contribution in [0.4, 0.5) is 0 Å². The Morgan fingerprint density at radius 1 is 1.29 bits per heavy atom. The first-order valence-corrected chi connectivity index (χ1v) is 6.41. The molecule has 0 amide bonds. The third-order valence-corrected chi connectivity index (χ3v) is 4.16. The van der Waals surface area contributed by atoms with Crippen LogP contribution in [0.25, 0.3) is 6.08 Å². The summed E-state index contributed by atoms with van der Waals surface area (Å²) >= 11 is 0. The minimum absolute atomic E-state index is 0.492. The molecule has 2 fully saturated rings. The highest BCUT2D eigenvalue weighted by atomic mass is 16.3. The first-order chi connectivity index (χ1) is 8.19. The molecule has 0 aliphatic carbocycles. The maximum atomic E-state index is 10.9. The average Bonchev–Trinajstić information content (AvgIpc) is 2.69. The predicted octanol–water partition coefficient (Wildman–Crippen LogP) is 2.43. The van der Waals surface area contributed by atoms with Crippen LogP contribution in [-0.2, 0) is 5.60 Å². The summed E-state index contributed by atoms with van der Waals surface area (Å²) < 4.78 is 0. The van der Waals surface area contributed by atoms with Gasteiger partial charge in [-0.05, 0) is 42.9 Å². The van der Waals surface area contributed by atoms with Crippen molar-refractivity contribution in [2.45, 2.75) is 43.4 Å². The molecule has 0 radical (unpaired) electrons. The van der Waals surface area contributed by atoms with Gasteiger partial charge < -0.3 is 10.4 Å². The normalized spacial score (nSPS) is 35.8. The van der Waals surface area contributed by atoms with Crippen LogP contribution in [-0.4, -0.2) is 17.2 Å². The minimum atomic E-state index is -0.643. The smallest absolute Gasteiger partial charge is 0.0926 e. The van der Waals surface area contributed by atoms with Gasteiger partial charge in [-0.1, -0.05) is 30.9 Å². The van der Waals surface area contributed by atoms with E-state index >= 15 is 0 Å². The molecular weight excluding hydrogens is 210 g/mol. The molecule has 2 nitrogen and oxygen atoms in total. The summed E-state index contributed by atoms with van der Waals surface area (Å²) in [6.07, 6.45) is 5.92. The molecule has 0 saturated carbocycles. The highest BCUT2D eigenvalue weighted by Gasteiger charge is 2.43. The predicted molar refractivity (Wildman–Crippen MR) is 69.6 cm³/mol. The Morgan fingerprint density at radius 3 is 2.65 bits per heavy atom. The van der Waals surface area contributed by atoms with E-state index in [4.69, 9.17) is 0 Å². The maximum absolute atomic E-state index is 10.9. The van der Waals surface area contributed by atoms with E-state index < -0.39 is 5.60 Å². The zero-order valence-electron chi connectivity index (χ0n) is 10.0. The summed E-state index contributed by atoms with van der Waals surface area (Å²) in [6, 6.07) is 9.12. The van der Waals surface area contributed by atoms with Crippen molar-refractivity contribution in [1.29, 1.82) is 0 Å². The van der Waals surface area contributed by atoms with Crippen LogP contribution >= 0.6 is 0 Å². The lowest BCUT2D eigenvalue weighted by molar-refractivity contribution is -0.0114. The lowest BCUT2D eigenvalue weighted by Gasteiger charge is -2.37. The summed E-state index contributed by atoms with van der Waals surface area (Å²) in [5.41, 5.74) is 1.49. The largest absolute Gasteiger partial charge is 0.385 e. The molecule has 2 bridgehead atoms. The van der Waals surface area contributed by atoms with E-state index in [1.165, 1.54) is 12.8 Å². The number of benzene rings is 1. The van der Waals surface area contributed by atoms with E-state index in [1.54, 1.807) is 0 Å². The highest BCUT2D eigenvalue weighted by molar-refractivity contribution is 5.49. The zero-order valence-corrected chi connectivity index (χ0v) is 10.0. The van der Waals surface area contributed by atoms with Gasteiger partial charge in [0, 0.05) is 12.1 Å². The van der Waals surface area contributed by atoms with Crippen molar-refractivity contribution in [2.24, 2.45) is 0 Å². The molecule has 2 aliphatic heterocycles. The van der Waals surface area contributed by atoms with Crippen molar-refractivity contribution in [2.75, 3.05) is 0 Å². The Hall–Kier alpha value is -1.12. The topological polar surface area (TPSA) is 32.3 Å². The standard InChI is InChI=1S/C15H19NO/c1-2-11-4-3-5-12(8-11)15(17)9-13-6-7-14(10-15)16-13/h2-5,8,13-14,16-17H,1,6-7,9-10H2. The van der Waals surface area contributed by atoms with Gasteiger partial charge in [0.05, 0.1) is 5.60 Å². The third-order valence-electron chi connectivity index (χ3n) is 4.16. The molecule has 1 aromatic rings. The molecule has 3 rings (SSSR count). The molecule has 2 heteroatoms. The minimum Gasteiger partial charge on any atom is -0.385 e. The molecule has 17 heavy (non-hydrogen) atoms. The van der Waals surface area contributed by atoms with E-state index in [2.05, 4.69) is 18.0 Å². The summed E-state index contributed by atoms with van der Waals surface area (Å²) in [6.45, 7) is 3.79. The molecule has 1 aromatic carbocycles. The second kappa shape index (κ2) is 3.97. The fourth-order valence-corrected chi connectivity index (χ4v) is 3.31. The van der Waals surface area contributed by atoms with E-state index in [1.807, 2.05) is 24.3 Å². The quantitative estimate of drug-likeness (QED) is 0.816. The van der Waals surface area contributed by atoms with E-state index in [9.17, 15) is 5.11 Å². The van der Waals surface area contributed by atoms with Gasteiger partial charge in [0.2, 0.25) is 0 Å². The molecular formula is C15H19NO. The number of nitrogens with one attached hydrogen (secondary N) is 1. The summed E-state index contributed by atoms with van der Waals surface area (Å²) in [7, 11) is 0. The molecule has 2 saturated heterocycles. The Labute approximate surface area is 102 Å². The fourth-order valence-electron chi connectivity index (χ4n) is 3.31. The van der Waals surface area contributed by atoms with Crippen molar-refractivity contribution in [3.05, 3.63) is 42.0 Å². The second-order valence-electron chi connectivity index (χ2n) is 5.41. The fraction of sp³-hybridized carbons (Fsp3) is 0.467. The van der Waals surface area contributed by atoms with Crippen LogP contribution < -0.4 is 5.32 Å². The highest BCUT2D eigenvalue weighted by Crippen LogP contribution is 2.40. The third kappa shape index (κ3) is 1.92. The molecule has 2 heterocycles. The van der Waals surface area contributed by atoms with Gasteiger partial charge in [0.15, 0.2) is 0 Å². The van der Waals surface area contributed by atoms with Gasteiger partial charge >= 0.3 is 0 Å². The van der Waals surface area contributed by atoms with Gasteiger partial charge in [-0.2, -0.15) is 0 Å². The number of hydrogen-bond acceptors (Lipinski definition) is 2. The van der Waals surface area contributed by atoms with E-state index in [0.29, 0.717) is 12.1 Å². The molecule has 0 aromatic heterocycles. The van der Waals surface area contributed by atoms with Crippen LogP contribution in [0.15, 0.2) is 30.8 Å². The first kappa shape index (κ1) is 11.0. The van der Waals surface area contributed by atoms with E-state index in [-0.39, 0.29) is 0 Å². The number of rotatable bonds is 2. The van der Waals surface area contributed by atoms with Crippen LogP contribution in [0.3, 0.4) is 0 Å². The molecule has 2 unspecified atom stereocenters. The molecule has 2 atom stereocenters. The van der Waals surface area contributed by atoms with Gasteiger partial charge in [0.25, 0.3) is 0 Å². The Morgan fingerprint density at radius 2 is 2.00 bits per heavy atom. The molecule has 2 aliphatic rings. The average molecular weight is 229 g/mol. The van der Waals surface area contributed by atoms with Crippen LogP contribution in [0.1, 0.15) is 36.8 Å². The van der Waals surface area contributed by atoms with Gasteiger partial charge in [-0.25, -0.2) is 0 Å². The number of aliphatic hydroxyl groups is 1. The van der Waals surface area contributed by atoms with Crippen molar-refractivity contribution >= 4 is 6.08 Å². The SMILES string of the molecule is C=Cc1cccc(C2(O)CC3CCC(C2)N3)c1. The van der Waals surface area contributed by atoms with Crippen molar-refractivity contribution in [1.82, 2.24) is 5.32 Å². The second-order valence-corrected chi connectivity index (χ2v) is 5.41. The van der Waals surface area contributed by atoms with Gasteiger partial charge in [-0.3, -0.25) is 0 Å². The zero-order chi connectivity index (χ0) is 11.9. The van der Waals surface area contributed by atoms with Crippen molar-refractivity contribution in [3.63, 3.8) is 0 Å². The van der Waals surface area contributed by atoms with Crippen LogP contribution in [0.5, 0.6) is 0 Å². The number of hydrogen-bond donors (Lipinski definition) is 2. The van der Waals surface area contributed by atoms with Gasteiger partial charge in [-0.15, -0.1) is 0 Å². The Bertz CT molecular complexity index is 428.